The zero-order valence-corrected chi connectivity index (χ0v) is 41.8. The highest BCUT2D eigenvalue weighted by molar-refractivity contribution is 6.14. The molecule has 0 unspecified atom stereocenters. The van der Waals surface area contributed by atoms with Crippen LogP contribution in [-0.4, -0.2) is 9.13 Å². The van der Waals surface area contributed by atoms with E-state index in [1.165, 1.54) is 77.1 Å². The molecule has 2 aromatic heterocycles. The molecule has 0 N–H and O–H groups in total. The highest BCUT2D eigenvalue weighted by Crippen LogP contribution is 2.46. The van der Waals surface area contributed by atoms with E-state index in [1.807, 2.05) is 0 Å². The van der Waals surface area contributed by atoms with Gasteiger partial charge in [0.05, 0.1) is 22.1 Å². The van der Waals surface area contributed by atoms with Crippen LogP contribution in [0.4, 0.5) is 17.1 Å². The SMILES string of the molecule is c1ccc(-c2c(-c3ccc4c(c3)c3cc(C(c5ccccc5)c5ccccc5)ccc3n4-c3ccccc3)cccc2-c2ccc3c(c2)c2cc(N(c4ccccc4)c4ccccc4)ccc2n3-c2ccccc2)cc1. The summed E-state index contributed by atoms with van der Waals surface area (Å²) in [5.41, 5.74) is 21.1. The monoisotopic (exact) mass is 969 g/mol. The van der Waals surface area contributed by atoms with Gasteiger partial charge in [0.15, 0.2) is 0 Å². The second kappa shape index (κ2) is 19.1. The Bertz CT molecular complexity index is 4020. The summed E-state index contributed by atoms with van der Waals surface area (Å²) < 4.78 is 4.84. The van der Waals surface area contributed by atoms with Crippen molar-refractivity contribution in [2.24, 2.45) is 0 Å². The normalized spacial score (nSPS) is 11.5. The zero-order chi connectivity index (χ0) is 50.4. The first-order valence-corrected chi connectivity index (χ1v) is 26.2. The Morgan fingerprint density at radius 1 is 0.250 bits per heavy atom. The average Bonchev–Trinajstić information content (AvgIpc) is 4.08. The van der Waals surface area contributed by atoms with E-state index < -0.39 is 0 Å². The maximum atomic E-state index is 2.45. The van der Waals surface area contributed by atoms with Crippen LogP contribution in [0.15, 0.2) is 303 Å². The molecule has 76 heavy (non-hydrogen) atoms. The lowest BCUT2D eigenvalue weighted by molar-refractivity contribution is 0.980. The number of nitrogens with zero attached hydrogens (tertiary/aromatic N) is 3. The molecule has 0 aliphatic rings. The Labute approximate surface area is 443 Å². The average molecular weight is 970 g/mol. The van der Waals surface area contributed by atoms with Gasteiger partial charge in [-0.3, -0.25) is 0 Å². The summed E-state index contributed by atoms with van der Waals surface area (Å²) in [5, 5.41) is 4.83. The van der Waals surface area contributed by atoms with Crippen LogP contribution in [0.1, 0.15) is 22.6 Å². The molecule has 0 aliphatic carbocycles. The van der Waals surface area contributed by atoms with Gasteiger partial charge < -0.3 is 14.0 Å². The van der Waals surface area contributed by atoms with Crippen molar-refractivity contribution in [1.29, 1.82) is 0 Å². The van der Waals surface area contributed by atoms with Gasteiger partial charge in [0.2, 0.25) is 0 Å². The molecule has 12 aromatic carbocycles. The first-order valence-electron chi connectivity index (χ1n) is 26.2. The number of benzene rings is 12. The van der Waals surface area contributed by atoms with E-state index in [9.17, 15) is 0 Å². The summed E-state index contributed by atoms with van der Waals surface area (Å²) in [7, 11) is 0. The molecular formula is C73H51N3. The standard InChI is InChI=1S/C73H51N3/c1-8-23-51(24-9-1)72(52-25-10-2-11-26-52)56-41-45-70-66(49-56)64-47-54(39-43-68(64)75(70)59-33-18-6-19-34-59)62-37-22-38-63(73(62)53-27-12-3-13-28-53)55-40-44-69-65(48-55)67-50-61(42-46-71(67)76(69)60-35-20-7-21-36-60)74(57-29-14-4-15-30-57)58-31-16-5-17-32-58/h1-50,72H. The summed E-state index contributed by atoms with van der Waals surface area (Å²) in [5.74, 6) is 0.0729. The van der Waals surface area contributed by atoms with Gasteiger partial charge in [-0.25, -0.2) is 0 Å². The van der Waals surface area contributed by atoms with Crippen molar-refractivity contribution < 1.29 is 0 Å². The third-order valence-electron chi connectivity index (χ3n) is 15.2. The summed E-state index contributed by atoms with van der Waals surface area (Å²) in [4.78, 5) is 2.35. The predicted molar refractivity (Wildman–Crippen MR) is 320 cm³/mol. The Balaban J connectivity index is 0.978. The fraction of sp³-hybridized carbons (Fsp3) is 0.0137. The Hall–Kier alpha value is -9.96. The van der Waals surface area contributed by atoms with Crippen molar-refractivity contribution in [3.8, 4) is 44.8 Å². The number of rotatable bonds is 11. The second-order valence-electron chi connectivity index (χ2n) is 19.6. The molecule has 14 rings (SSSR count). The highest BCUT2D eigenvalue weighted by Gasteiger charge is 2.23. The van der Waals surface area contributed by atoms with Crippen LogP contribution in [0.5, 0.6) is 0 Å². The van der Waals surface area contributed by atoms with E-state index >= 15 is 0 Å². The molecule has 0 radical (unpaired) electrons. The molecule has 0 saturated carbocycles. The van der Waals surface area contributed by atoms with Crippen LogP contribution in [0.25, 0.3) is 88.4 Å². The maximum absolute atomic E-state index is 2.45. The third-order valence-corrected chi connectivity index (χ3v) is 15.2. The van der Waals surface area contributed by atoms with Crippen molar-refractivity contribution >= 4 is 60.7 Å². The number of hydrogen-bond donors (Lipinski definition) is 0. The van der Waals surface area contributed by atoms with Crippen LogP contribution in [0.2, 0.25) is 0 Å². The maximum Gasteiger partial charge on any atom is 0.0542 e. The van der Waals surface area contributed by atoms with Crippen LogP contribution in [0, 0.1) is 0 Å². The van der Waals surface area contributed by atoms with E-state index in [0.29, 0.717) is 0 Å². The molecule has 3 nitrogen and oxygen atoms in total. The molecule has 358 valence electrons. The number of aromatic nitrogens is 2. The molecule has 0 saturated heterocycles. The molecule has 0 spiro atoms. The van der Waals surface area contributed by atoms with Crippen molar-refractivity contribution in [3.05, 3.63) is 320 Å². The van der Waals surface area contributed by atoms with Crippen molar-refractivity contribution in [2.45, 2.75) is 5.92 Å². The lowest BCUT2D eigenvalue weighted by Crippen LogP contribution is -2.09. The van der Waals surface area contributed by atoms with E-state index in [4.69, 9.17) is 0 Å². The van der Waals surface area contributed by atoms with Crippen LogP contribution >= 0.6 is 0 Å². The Morgan fingerprint density at radius 2 is 0.632 bits per heavy atom. The summed E-state index contributed by atoms with van der Waals surface area (Å²) in [6.45, 7) is 0. The molecule has 0 aliphatic heterocycles. The van der Waals surface area contributed by atoms with Gasteiger partial charge >= 0.3 is 0 Å². The summed E-state index contributed by atoms with van der Waals surface area (Å²) in [6, 6.07) is 111. The topological polar surface area (TPSA) is 13.1 Å². The molecule has 2 heterocycles. The quantitative estimate of drug-likeness (QED) is 0.118. The minimum absolute atomic E-state index is 0.0729. The number of para-hydroxylation sites is 4. The van der Waals surface area contributed by atoms with E-state index in [0.717, 1.165) is 45.0 Å². The third kappa shape index (κ3) is 7.85. The minimum Gasteiger partial charge on any atom is -0.310 e. The molecular weight excluding hydrogens is 919 g/mol. The zero-order valence-electron chi connectivity index (χ0n) is 41.8. The first kappa shape index (κ1) is 44.7. The Morgan fingerprint density at radius 3 is 1.11 bits per heavy atom. The fourth-order valence-corrected chi connectivity index (χ4v) is 11.8. The molecule has 0 fully saturated rings. The first-order chi connectivity index (χ1) is 37.7. The van der Waals surface area contributed by atoms with Gasteiger partial charge in [-0.15, -0.1) is 0 Å². The molecule has 0 bridgehead atoms. The van der Waals surface area contributed by atoms with Gasteiger partial charge in [0, 0.05) is 55.9 Å². The van der Waals surface area contributed by atoms with E-state index in [-0.39, 0.29) is 5.92 Å². The minimum atomic E-state index is 0.0729. The number of fused-ring (bicyclic) bond motifs is 6. The summed E-state index contributed by atoms with van der Waals surface area (Å²) >= 11 is 0. The fourth-order valence-electron chi connectivity index (χ4n) is 11.8. The van der Waals surface area contributed by atoms with Gasteiger partial charge in [-0.1, -0.05) is 200 Å². The Kier molecular flexibility index (Phi) is 11.3. The number of anilines is 3. The van der Waals surface area contributed by atoms with Crippen LogP contribution in [0.3, 0.4) is 0 Å². The van der Waals surface area contributed by atoms with Gasteiger partial charge in [0.1, 0.15) is 0 Å². The predicted octanol–water partition coefficient (Wildman–Crippen LogP) is 19.5. The van der Waals surface area contributed by atoms with Crippen LogP contribution in [-0.2, 0) is 0 Å². The van der Waals surface area contributed by atoms with Gasteiger partial charge in [-0.2, -0.15) is 0 Å². The molecule has 0 atom stereocenters. The highest BCUT2D eigenvalue weighted by atomic mass is 15.1. The second-order valence-corrected chi connectivity index (χ2v) is 19.6. The van der Waals surface area contributed by atoms with Crippen LogP contribution < -0.4 is 4.90 Å². The number of hydrogen-bond acceptors (Lipinski definition) is 1. The lowest BCUT2D eigenvalue weighted by Gasteiger charge is -2.25. The van der Waals surface area contributed by atoms with Gasteiger partial charge in [-0.05, 0) is 153 Å². The smallest absolute Gasteiger partial charge is 0.0542 e. The summed E-state index contributed by atoms with van der Waals surface area (Å²) in [6.07, 6.45) is 0. The van der Waals surface area contributed by atoms with Gasteiger partial charge in [0.25, 0.3) is 0 Å². The lowest BCUT2D eigenvalue weighted by atomic mass is 9.84. The molecule has 3 heteroatoms. The van der Waals surface area contributed by atoms with E-state index in [2.05, 4.69) is 317 Å². The largest absolute Gasteiger partial charge is 0.310 e. The van der Waals surface area contributed by atoms with Crippen molar-refractivity contribution in [3.63, 3.8) is 0 Å². The van der Waals surface area contributed by atoms with Crippen molar-refractivity contribution in [2.75, 3.05) is 4.90 Å². The molecule has 0 amide bonds. The van der Waals surface area contributed by atoms with Crippen molar-refractivity contribution in [1.82, 2.24) is 9.13 Å². The van der Waals surface area contributed by atoms with E-state index in [1.54, 1.807) is 0 Å². The molecule has 14 aromatic rings.